The molecule has 0 fully saturated rings. The molecule has 0 aliphatic carbocycles. The Kier molecular flexibility index (Phi) is 7.52. The number of rotatable bonds is 8. The Morgan fingerprint density at radius 2 is 1.57 bits per heavy atom. The lowest BCUT2D eigenvalue weighted by Crippen LogP contribution is -2.03. The average Bonchev–Trinajstić information content (AvgIpc) is 3.31. The van der Waals surface area contributed by atoms with Crippen molar-refractivity contribution in [3.63, 3.8) is 0 Å². The number of nitrogens with zero attached hydrogens (tertiary/aromatic N) is 4. The molecule has 2 N–H and O–H groups in total. The van der Waals surface area contributed by atoms with E-state index < -0.39 is 0 Å². The number of anilines is 1. The molecule has 0 atom stereocenters. The van der Waals surface area contributed by atoms with Crippen LogP contribution in [0.2, 0.25) is 0 Å². The van der Waals surface area contributed by atoms with E-state index in [0.29, 0.717) is 56.5 Å². The molecule has 0 aliphatic rings. The van der Waals surface area contributed by atoms with Gasteiger partial charge in [0.2, 0.25) is 5.89 Å². The Balaban J connectivity index is 1.68. The number of aryl methyl sites for hydroxylation is 1. The molecule has 2 heterocycles. The van der Waals surface area contributed by atoms with Crippen molar-refractivity contribution < 1.29 is 18.6 Å². The first-order valence-corrected chi connectivity index (χ1v) is 12.0. The van der Waals surface area contributed by atoms with Crippen LogP contribution in [0.3, 0.4) is 0 Å². The second-order valence-corrected chi connectivity index (χ2v) is 8.72. The summed E-state index contributed by atoms with van der Waals surface area (Å²) >= 11 is 1.30. The van der Waals surface area contributed by atoms with Crippen LogP contribution in [0, 0.1) is 29.6 Å². The third-order valence-corrected chi connectivity index (χ3v) is 6.65. The van der Waals surface area contributed by atoms with Gasteiger partial charge in [0.1, 0.15) is 40.1 Å². The topological polar surface area (TPSA) is 140 Å². The van der Waals surface area contributed by atoms with Gasteiger partial charge in [0.25, 0.3) is 0 Å². The Morgan fingerprint density at radius 1 is 0.892 bits per heavy atom. The van der Waals surface area contributed by atoms with E-state index in [9.17, 15) is 10.5 Å². The SMILES string of the molecule is COc1ccc(-c2c(C#N)c(N)nc(SCc3nc(-c4ccc(OC)c(OC)c4)oc3C)c2C#N)cc1. The molecule has 0 radical (unpaired) electrons. The van der Waals surface area contributed by atoms with E-state index in [1.54, 1.807) is 57.7 Å². The number of oxazole rings is 1. The lowest BCUT2D eigenvalue weighted by molar-refractivity contribution is 0.355. The van der Waals surface area contributed by atoms with Gasteiger partial charge in [0.15, 0.2) is 11.5 Å². The highest BCUT2D eigenvalue weighted by Crippen LogP contribution is 2.38. The minimum atomic E-state index is 0.0534. The van der Waals surface area contributed by atoms with Crippen LogP contribution in [0.1, 0.15) is 22.6 Å². The van der Waals surface area contributed by atoms with E-state index in [-0.39, 0.29) is 16.9 Å². The Labute approximate surface area is 218 Å². The minimum Gasteiger partial charge on any atom is -0.497 e. The minimum absolute atomic E-state index is 0.0534. The van der Waals surface area contributed by atoms with Crippen LogP contribution in [0.15, 0.2) is 51.9 Å². The van der Waals surface area contributed by atoms with E-state index in [2.05, 4.69) is 22.1 Å². The highest BCUT2D eigenvalue weighted by molar-refractivity contribution is 7.98. The molecule has 0 unspecified atom stereocenters. The zero-order valence-electron chi connectivity index (χ0n) is 20.7. The number of hydrogen-bond acceptors (Lipinski definition) is 10. The van der Waals surface area contributed by atoms with E-state index in [0.717, 1.165) is 5.56 Å². The lowest BCUT2D eigenvalue weighted by Gasteiger charge is -2.13. The van der Waals surface area contributed by atoms with Crippen LogP contribution in [-0.4, -0.2) is 31.3 Å². The van der Waals surface area contributed by atoms with Crippen molar-refractivity contribution in [3.05, 3.63) is 65.0 Å². The first kappa shape index (κ1) is 25.4. The van der Waals surface area contributed by atoms with Crippen LogP contribution in [0.4, 0.5) is 5.82 Å². The molecule has 37 heavy (non-hydrogen) atoms. The molecule has 0 saturated carbocycles. The molecule has 4 aromatic rings. The van der Waals surface area contributed by atoms with Crippen molar-refractivity contribution in [2.75, 3.05) is 27.1 Å². The summed E-state index contributed by atoms with van der Waals surface area (Å²) in [6, 6.07) is 16.8. The zero-order valence-corrected chi connectivity index (χ0v) is 21.5. The van der Waals surface area contributed by atoms with Gasteiger partial charge in [-0.15, -0.1) is 0 Å². The number of aromatic nitrogens is 2. The molecule has 9 nitrogen and oxygen atoms in total. The number of nitriles is 2. The second-order valence-electron chi connectivity index (χ2n) is 7.76. The maximum Gasteiger partial charge on any atom is 0.226 e. The van der Waals surface area contributed by atoms with Gasteiger partial charge in [-0.1, -0.05) is 23.9 Å². The zero-order chi connectivity index (χ0) is 26.5. The van der Waals surface area contributed by atoms with Gasteiger partial charge < -0.3 is 24.4 Å². The number of thioether (sulfide) groups is 1. The van der Waals surface area contributed by atoms with Crippen LogP contribution >= 0.6 is 11.8 Å². The van der Waals surface area contributed by atoms with Crippen molar-refractivity contribution in [2.24, 2.45) is 0 Å². The molecular formula is C27H23N5O4S. The van der Waals surface area contributed by atoms with Gasteiger partial charge in [0.05, 0.1) is 32.6 Å². The molecule has 2 aromatic carbocycles. The van der Waals surface area contributed by atoms with Gasteiger partial charge in [-0.05, 0) is 42.8 Å². The Hall–Kier alpha value is -4.67. The van der Waals surface area contributed by atoms with Crippen LogP contribution in [0.5, 0.6) is 17.2 Å². The van der Waals surface area contributed by atoms with Crippen molar-refractivity contribution in [3.8, 4) is 52.0 Å². The highest BCUT2D eigenvalue weighted by atomic mass is 32.2. The largest absolute Gasteiger partial charge is 0.497 e. The van der Waals surface area contributed by atoms with Gasteiger partial charge in [-0.3, -0.25) is 0 Å². The average molecular weight is 514 g/mol. The van der Waals surface area contributed by atoms with Crippen LogP contribution in [-0.2, 0) is 5.75 Å². The number of benzene rings is 2. The predicted octanol–water partition coefficient (Wildman–Crippen LogP) is 5.36. The van der Waals surface area contributed by atoms with E-state index in [1.165, 1.54) is 11.8 Å². The molecule has 2 aromatic heterocycles. The smallest absolute Gasteiger partial charge is 0.226 e. The maximum atomic E-state index is 10.0. The molecular weight excluding hydrogens is 490 g/mol. The maximum absolute atomic E-state index is 10.0. The summed E-state index contributed by atoms with van der Waals surface area (Å²) in [5.74, 6) is 3.31. The summed E-state index contributed by atoms with van der Waals surface area (Å²) < 4.78 is 21.8. The number of ether oxygens (including phenoxy) is 3. The van der Waals surface area contributed by atoms with Gasteiger partial charge in [-0.2, -0.15) is 10.5 Å². The van der Waals surface area contributed by atoms with Crippen molar-refractivity contribution in [1.82, 2.24) is 9.97 Å². The number of methoxy groups -OCH3 is 3. The van der Waals surface area contributed by atoms with Crippen molar-refractivity contribution in [1.29, 1.82) is 10.5 Å². The summed E-state index contributed by atoms with van der Waals surface area (Å²) in [6.45, 7) is 1.82. The third kappa shape index (κ3) is 5.01. The first-order valence-electron chi connectivity index (χ1n) is 11.0. The quantitative estimate of drug-likeness (QED) is 0.306. The van der Waals surface area contributed by atoms with E-state index >= 15 is 0 Å². The molecule has 4 rings (SSSR count). The normalized spacial score (nSPS) is 10.4. The number of hydrogen-bond donors (Lipinski definition) is 1. The summed E-state index contributed by atoms with van der Waals surface area (Å²) in [7, 11) is 4.70. The monoisotopic (exact) mass is 513 g/mol. The summed E-state index contributed by atoms with van der Waals surface area (Å²) in [5.41, 5.74) is 9.08. The Bertz CT molecular complexity index is 1530. The number of nitrogens with two attached hydrogens (primary N) is 1. The van der Waals surface area contributed by atoms with Gasteiger partial charge in [0, 0.05) is 16.9 Å². The summed E-state index contributed by atoms with van der Waals surface area (Å²) in [4.78, 5) is 9.01. The van der Waals surface area contributed by atoms with Gasteiger partial charge >= 0.3 is 0 Å². The molecule has 0 saturated heterocycles. The fourth-order valence-corrected chi connectivity index (χ4v) is 4.74. The number of pyridine rings is 1. The van der Waals surface area contributed by atoms with Crippen molar-refractivity contribution >= 4 is 17.6 Å². The standard InChI is InChI=1S/C27H23N5O4S/c1-15-21(31-26(36-15)17-7-10-22(34-3)23(11-17)35-4)14-37-27-20(13-29)24(19(12-28)25(30)32-27)16-5-8-18(33-2)9-6-16/h5-11H,14H2,1-4H3,(H2,30,32). The van der Waals surface area contributed by atoms with E-state index in [1.807, 2.05) is 13.0 Å². The lowest BCUT2D eigenvalue weighted by atomic mass is 9.97. The highest BCUT2D eigenvalue weighted by Gasteiger charge is 2.22. The van der Waals surface area contributed by atoms with E-state index in [4.69, 9.17) is 24.4 Å². The molecule has 0 aliphatic heterocycles. The second kappa shape index (κ2) is 10.9. The van der Waals surface area contributed by atoms with Crippen LogP contribution < -0.4 is 19.9 Å². The molecule has 10 heteroatoms. The third-order valence-electron chi connectivity index (χ3n) is 5.66. The fraction of sp³-hybridized carbons (Fsp3) is 0.185. The van der Waals surface area contributed by atoms with Crippen molar-refractivity contribution in [2.45, 2.75) is 17.7 Å². The molecule has 186 valence electrons. The fourth-order valence-electron chi connectivity index (χ4n) is 3.74. The molecule has 0 spiro atoms. The molecule has 0 amide bonds. The summed E-state index contributed by atoms with van der Waals surface area (Å²) in [6.07, 6.45) is 0. The summed E-state index contributed by atoms with van der Waals surface area (Å²) in [5, 5.41) is 20.2. The van der Waals surface area contributed by atoms with Crippen LogP contribution in [0.25, 0.3) is 22.6 Å². The Morgan fingerprint density at radius 3 is 2.19 bits per heavy atom. The number of nitrogen functional groups attached to an aromatic ring is 1. The first-order chi connectivity index (χ1) is 17.9. The predicted molar refractivity (Wildman–Crippen MR) is 139 cm³/mol. The molecule has 0 bridgehead atoms. The van der Waals surface area contributed by atoms with Gasteiger partial charge in [-0.25, -0.2) is 9.97 Å².